The number of hydrogen-bond donors (Lipinski definition) is 2. The van der Waals surface area contributed by atoms with Gasteiger partial charge in [-0.3, -0.25) is 4.90 Å². The molecule has 0 bridgehead atoms. The number of rotatable bonds is 7. The van der Waals surface area contributed by atoms with E-state index in [1.54, 1.807) is 0 Å². The fourth-order valence-electron chi connectivity index (χ4n) is 3.59. The highest BCUT2D eigenvalue weighted by Crippen LogP contribution is 2.40. The zero-order valence-electron chi connectivity index (χ0n) is 12.7. The van der Waals surface area contributed by atoms with E-state index in [-0.39, 0.29) is 11.6 Å². The van der Waals surface area contributed by atoms with Gasteiger partial charge in [-0.2, -0.15) is 0 Å². The quantitative estimate of drug-likeness (QED) is 0.680. The van der Waals surface area contributed by atoms with Crippen molar-refractivity contribution < 1.29 is 9.84 Å². The lowest BCUT2D eigenvalue weighted by atomic mass is 9.85. The fourth-order valence-corrected chi connectivity index (χ4v) is 3.59. The van der Waals surface area contributed by atoms with Crippen LogP contribution in [0.1, 0.15) is 33.6 Å². The van der Waals surface area contributed by atoms with Crippen molar-refractivity contribution in [3.05, 3.63) is 0 Å². The summed E-state index contributed by atoms with van der Waals surface area (Å²) in [6, 6.07) is 0. The number of aliphatic hydroxyl groups excluding tert-OH is 1. The minimum Gasteiger partial charge on any atom is -0.389 e. The standard InChI is InChI=1S/C15H30N2O2/c1-4-5-6-19-11-13(18)10-17-9-12-7-16-8-14(12)15(17,2)3/h12-14,16,18H,4-11H2,1-3H3. The molecule has 0 aliphatic carbocycles. The summed E-state index contributed by atoms with van der Waals surface area (Å²) in [5, 5.41) is 13.6. The number of nitrogens with one attached hydrogen (secondary N) is 1. The molecule has 2 fully saturated rings. The third-order valence-corrected chi connectivity index (χ3v) is 4.90. The molecule has 2 N–H and O–H groups in total. The maximum atomic E-state index is 10.1. The first-order valence-electron chi connectivity index (χ1n) is 7.77. The number of fused-ring (bicyclic) bond motifs is 1. The van der Waals surface area contributed by atoms with Crippen LogP contribution in [-0.2, 0) is 4.74 Å². The van der Waals surface area contributed by atoms with Crippen LogP contribution < -0.4 is 5.32 Å². The molecule has 2 rings (SSSR count). The van der Waals surface area contributed by atoms with Gasteiger partial charge >= 0.3 is 0 Å². The van der Waals surface area contributed by atoms with Crippen LogP contribution in [0.3, 0.4) is 0 Å². The number of nitrogens with zero attached hydrogens (tertiary/aromatic N) is 1. The van der Waals surface area contributed by atoms with E-state index in [0.717, 1.165) is 57.5 Å². The second-order valence-corrected chi connectivity index (χ2v) is 6.67. The van der Waals surface area contributed by atoms with Crippen LogP contribution in [0.5, 0.6) is 0 Å². The maximum absolute atomic E-state index is 10.1. The molecule has 0 saturated carbocycles. The normalized spacial score (nSPS) is 31.6. The van der Waals surface area contributed by atoms with Gasteiger partial charge in [0.25, 0.3) is 0 Å². The summed E-state index contributed by atoms with van der Waals surface area (Å²) in [6.07, 6.45) is 1.87. The molecule has 2 saturated heterocycles. The number of aliphatic hydroxyl groups is 1. The summed E-state index contributed by atoms with van der Waals surface area (Å²) in [6.45, 7) is 12.1. The second-order valence-electron chi connectivity index (χ2n) is 6.67. The Hall–Kier alpha value is -0.160. The Bertz CT molecular complexity index is 283. The summed E-state index contributed by atoms with van der Waals surface area (Å²) in [4.78, 5) is 2.46. The van der Waals surface area contributed by atoms with Gasteiger partial charge in [0.1, 0.15) is 0 Å². The van der Waals surface area contributed by atoms with Gasteiger partial charge in [0.2, 0.25) is 0 Å². The first-order valence-corrected chi connectivity index (χ1v) is 7.77. The first-order chi connectivity index (χ1) is 9.05. The molecule has 112 valence electrons. The minimum atomic E-state index is -0.358. The Morgan fingerprint density at radius 3 is 2.89 bits per heavy atom. The van der Waals surface area contributed by atoms with Gasteiger partial charge in [0, 0.05) is 31.8 Å². The van der Waals surface area contributed by atoms with Crippen molar-refractivity contribution in [1.29, 1.82) is 0 Å². The first kappa shape index (κ1) is 15.2. The lowest BCUT2D eigenvalue weighted by molar-refractivity contribution is 0.000343. The Kier molecular flexibility index (Phi) is 5.23. The number of unbranched alkanes of at least 4 members (excludes halogenated alkanes) is 1. The highest BCUT2D eigenvalue weighted by atomic mass is 16.5. The van der Waals surface area contributed by atoms with Crippen molar-refractivity contribution in [2.75, 3.05) is 39.4 Å². The van der Waals surface area contributed by atoms with Gasteiger partial charge in [-0.05, 0) is 38.6 Å². The number of hydrogen-bond acceptors (Lipinski definition) is 4. The Labute approximate surface area is 117 Å². The maximum Gasteiger partial charge on any atom is 0.0900 e. The smallest absolute Gasteiger partial charge is 0.0900 e. The van der Waals surface area contributed by atoms with Crippen LogP contribution in [0.4, 0.5) is 0 Å². The van der Waals surface area contributed by atoms with Gasteiger partial charge in [0.15, 0.2) is 0 Å². The average molecular weight is 270 g/mol. The number of ether oxygens (including phenoxy) is 1. The molecule has 0 aromatic heterocycles. The largest absolute Gasteiger partial charge is 0.389 e. The molecule has 4 nitrogen and oxygen atoms in total. The topological polar surface area (TPSA) is 44.7 Å². The van der Waals surface area contributed by atoms with E-state index in [1.807, 2.05) is 0 Å². The van der Waals surface area contributed by atoms with Crippen molar-refractivity contribution in [2.45, 2.75) is 45.3 Å². The van der Waals surface area contributed by atoms with Crippen LogP contribution >= 0.6 is 0 Å². The van der Waals surface area contributed by atoms with Crippen molar-refractivity contribution in [3.63, 3.8) is 0 Å². The van der Waals surface area contributed by atoms with Crippen LogP contribution in [-0.4, -0.2) is 61.0 Å². The van der Waals surface area contributed by atoms with Crippen LogP contribution in [0.15, 0.2) is 0 Å². The monoisotopic (exact) mass is 270 g/mol. The molecule has 0 spiro atoms. The predicted octanol–water partition coefficient (Wildman–Crippen LogP) is 1.09. The van der Waals surface area contributed by atoms with E-state index in [1.165, 1.54) is 0 Å². The molecule has 2 aliphatic rings. The molecule has 2 heterocycles. The van der Waals surface area contributed by atoms with Crippen molar-refractivity contribution in [3.8, 4) is 0 Å². The molecule has 4 heteroatoms. The minimum absolute atomic E-state index is 0.193. The van der Waals surface area contributed by atoms with Gasteiger partial charge < -0.3 is 15.2 Å². The number of likely N-dealkylation sites (tertiary alicyclic amines) is 1. The average Bonchev–Trinajstić information content (AvgIpc) is 2.90. The molecule has 0 aromatic rings. The van der Waals surface area contributed by atoms with Gasteiger partial charge in [-0.15, -0.1) is 0 Å². The molecule has 2 aliphatic heterocycles. The lowest BCUT2D eigenvalue weighted by Gasteiger charge is -2.36. The Morgan fingerprint density at radius 2 is 2.21 bits per heavy atom. The molecule has 19 heavy (non-hydrogen) atoms. The summed E-state index contributed by atoms with van der Waals surface area (Å²) in [5.41, 5.74) is 0.193. The van der Waals surface area contributed by atoms with Crippen LogP contribution in [0, 0.1) is 11.8 Å². The molecule has 0 aromatic carbocycles. The summed E-state index contributed by atoms with van der Waals surface area (Å²) >= 11 is 0. The lowest BCUT2D eigenvalue weighted by Crippen LogP contribution is -2.48. The Morgan fingerprint density at radius 1 is 1.42 bits per heavy atom. The summed E-state index contributed by atoms with van der Waals surface area (Å²) in [5.74, 6) is 1.48. The Balaban J connectivity index is 1.76. The van der Waals surface area contributed by atoms with Crippen molar-refractivity contribution >= 4 is 0 Å². The second kappa shape index (κ2) is 6.53. The molecular weight excluding hydrogens is 240 g/mol. The number of β-amino-alcohol motifs (C(OH)–C–C–N with tert-alkyl or cyclic N) is 1. The fraction of sp³-hybridized carbons (Fsp3) is 1.00. The van der Waals surface area contributed by atoms with Crippen molar-refractivity contribution in [1.82, 2.24) is 10.2 Å². The van der Waals surface area contributed by atoms with Gasteiger partial charge in [-0.1, -0.05) is 13.3 Å². The SMILES string of the molecule is CCCCOCC(O)CN1CC2CNCC2C1(C)C. The van der Waals surface area contributed by atoms with E-state index in [4.69, 9.17) is 4.74 Å². The summed E-state index contributed by atoms with van der Waals surface area (Å²) in [7, 11) is 0. The zero-order chi connectivity index (χ0) is 13.9. The van der Waals surface area contributed by atoms with Gasteiger partial charge in [-0.25, -0.2) is 0 Å². The molecular formula is C15H30N2O2. The highest BCUT2D eigenvalue weighted by molar-refractivity contribution is 5.04. The molecule has 3 unspecified atom stereocenters. The predicted molar refractivity (Wildman–Crippen MR) is 77.2 cm³/mol. The molecule has 0 radical (unpaired) electrons. The molecule has 3 atom stereocenters. The zero-order valence-corrected chi connectivity index (χ0v) is 12.7. The van der Waals surface area contributed by atoms with Crippen molar-refractivity contribution in [2.24, 2.45) is 11.8 Å². The van der Waals surface area contributed by atoms with E-state index in [9.17, 15) is 5.11 Å². The highest BCUT2D eigenvalue weighted by Gasteiger charge is 2.49. The van der Waals surface area contributed by atoms with Gasteiger partial charge in [0.05, 0.1) is 12.7 Å². The molecule has 0 amide bonds. The summed E-state index contributed by atoms with van der Waals surface area (Å²) < 4.78 is 5.52. The third-order valence-electron chi connectivity index (χ3n) is 4.90. The van der Waals surface area contributed by atoms with E-state index >= 15 is 0 Å². The van der Waals surface area contributed by atoms with E-state index in [0.29, 0.717) is 6.61 Å². The van der Waals surface area contributed by atoms with Crippen LogP contribution in [0.2, 0.25) is 0 Å². The third kappa shape index (κ3) is 3.48. The van der Waals surface area contributed by atoms with E-state index < -0.39 is 0 Å². The van der Waals surface area contributed by atoms with E-state index in [2.05, 4.69) is 31.0 Å². The van der Waals surface area contributed by atoms with Crippen LogP contribution in [0.25, 0.3) is 0 Å².